The molecule has 30 heavy (non-hydrogen) atoms. The van der Waals surface area contributed by atoms with Gasteiger partial charge >= 0.3 is 0 Å². The Hall–Kier alpha value is -2.80. The van der Waals surface area contributed by atoms with Gasteiger partial charge in [0.1, 0.15) is 6.54 Å². The molecule has 2 aliphatic rings. The van der Waals surface area contributed by atoms with Crippen LogP contribution in [0, 0.1) is 13.8 Å². The molecule has 0 atom stereocenters. The molecule has 2 aromatic rings. The van der Waals surface area contributed by atoms with Crippen LogP contribution in [-0.4, -0.2) is 33.1 Å². The van der Waals surface area contributed by atoms with Crippen LogP contribution in [0.15, 0.2) is 41.6 Å². The molecule has 3 amide bonds. The van der Waals surface area contributed by atoms with Gasteiger partial charge in [0.2, 0.25) is 5.91 Å². The van der Waals surface area contributed by atoms with Gasteiger partial charge in [0.15, 0.2) is 0 Å². The Morgan fingerprint density at radius 2 is 1.93 bits per heavy atom. The highest BCUT2D eigenvalue weighted by molar-refractivity contribution is 8.18. The van der Waals surface area contributed by atoms with E-state index < -0.39 is 17.1 Å². The number of aromatic nitrogens is 1. The molecule has 6 nitrogen and oxygen atoms in total. The Balaban J connectivity index is 1.41. The molecule has 4 rings (SSSR count). The highest BCUT2D eigenvalue weighted by atomic mass is 32.2. The van der Waals surface area contributed by atoms with E-state index in [1.165, 1.54) is 25.7 Å². The van der Waals surface area contributed by atoms with Crippen molar-refractivity contribution < 1.29 is 14.4 Å². The normalized spacial score (nSPS) is 18.6. The average molecular weight is 424 g/mol. The lowest BCUT2D eigenvalue weighted by Gasteiger charge is -2.13. The van der Waals surface area contributed by atoms with E-state index in [1.807, 2.05) is 50.5 Å². The van der Waals surface area contributed by atoms with Crippen LogP contribution in [0.1, 0.15) is 48.4 Å². The molecule has 0 bridgehead atoms. The van der Waals surface area contributed by atoms with E-state index in [4.69, 9.17) is 0 Å². The number of aryl methyl sites for hydroxylation is 2. The van der Waals surface area contributed by atoms with Gasteiger partial charge in [-0.05, 0) is 79.4 Å². The first-order valence-electron chi connectivity index (χ1n) is 10.2. The van der Waals surface area contributed by atoms with E-state index in [0.717, 1.165) is 33.4 Å². The van der Waals surface area contributed by atoms with Crippen LogP contribution in [-0.2, 0) is 9.59 Å². The topological polar surface area (TPSA) is 71.4 Å². The number of carbonyl (C=O) groups is 3. The number of benzene rings is 1. The van der Waals surface area contributed by atoms with Crippen LogP contribution in [0.25, 0.3) is 6.08 Å². The molecule has 7 heteroatoms. The standard InChI is InChI=1S/C23H25N3O3S/c1-15-7-8-18(11-16(15)2)24-21(27)14-26-22(28)20(30-23(26)29)12-17-9-10-25(13-17)19-5-3-4-6-19/h7-13,19H,3-6,14H2,1-2H3,(H,24,27)/b20-12+. The third-order valence-corrected chi connectivity index (χ3v) is 6.65. The Bertz CT molecular complexity index is 1030. The minimum absolute atomic E-state index is 0.294. The molecule has 0 radical (unpaired) electrons. The summed E-state index contributed by atoms with van der Waals surface area (Å²) in [6.07, 6.45) is 10.7. The maximum atomic E-state index is 12.7. The van der Waals surface area contributed by atoms with Gasteiger partial charge in [-0.25, -0.2) is 0 Å². The maximum absolute atomic E-state index is 12.7. The number of thioether (sulfide) groups is 1. The van der Waals surface area contributed by atoms with Gasteiger partial charge < -0.3 is 9.88 Å². The van der Waals surface area contributed by atoms with Crippen LogP contribution in [0.3, 0.4) is 0 Å². The summed E-state index contributed by atoms with van der Waals surface area (Å²) >= 11 is 0.880. The molecule has 2 fully saturated rings. The summed E-state index contributed by atoms with van der Waals surface area (Å²) in [5.74, 6) is -0.817. The fraction of sp³-hybridized carbons (Fsp3) is 0.348. The third kappa shape index (κ3) is 4.36. The smallest absolute Gasteiger partial charge is 0.294 e. The number of amides is 3. The second-order valence-corrected chi connectivity index (χ2v) is 8.94. The van der Waals surface area contributed by atoms with Crippen LogP contribution >= 0.6 is 11.8 Å². The summed E-state index contributed by atoms with van der Waals surface area (Å²) in [7, 11) is 0. The van der Waals surface area contributed by atoms with Crippen LogP contribution in [0.2, 0.25) is 0 Å². The molecule has 156 valence electrons. The van der Waals surface area contributed by atoms with Crippen LogP contribution in [0.5, 0.6) is 0 Å². The monoisotopic (exact) mass is 423 g/mol. The van der Waals surface area contributed by atoms with Crippen molar-refractivity contribution in [2.45, 2.75) is 45.6 Å². The lowest BCUT2D eigenvalue weighted by atomic mass is 10.1. The second kappa shape index (κ2) is 8.52. The predicted octanol–water partition coefficient (Wildman–Crippen LogP) is 4.90. The third-order valence-electron chi connectivity index (χ3n) is 5.75. The zero-order chi connectivity index (χ0) is 21.3. The zero-order valence-corrected chi connectivity index (χ0v) is 18.0. The predicted molar refractivity (Wildman–Crippen MR) is 119 cm³/mol. The molecule has 0 spiro atoms. The lowest BCUT2D eigenvalue weighted by Crippen LogP contribution is -2.36. The molecular formula is C23H25N3O3S. The van der Waals surface area contributed by atoms with Gasteiger partial charge in [0.05, 0.1) is 4.91 Å². The van der Waals surface area contributed by atoms with Crippen molar-refractivity contribution in [1.82, 2.24) is 9.47 Å². The summed E-state index contributed by atoms with van der Waals surface area (Å²) in [5, 5.41) is 2.34. The molecule has 1 saturated heterocycles. The SMILES string of the molecule is Cc1ccc(NC(=O)CN2C(=O)S/C(=C/c3ccn(C4CCCC4)c3)C2=O)cc1C. The van der Waals surface area contributed by atoms with Crippen molar-refractivity contribution in [3.63, 3.8) is 0 Å². The fourth-order valence-electron chi connectivity index (χ4n) is 3.90. The van der Waals surface area contributed by atoms with E-state index in [1.54, 1.807) is 6.08 Å². The van der Waals surface area contributed by atoms with Gasteiger partial charge in [-0.2, -0.15) is 0 Å². The molecule has 1 aromatic carbocycles. The van der Waals surface area contributed by atoms with Gasteiger partial charge in [-0.3, -0.25) is 19.3 Å². The Morgan fingerprint density at radius 1 is 1.17 bits per heavy atom. The van der Waals surface area contributed by atoms with Gasteiger partial charge in [-0.1, -0.05) is 18.9 Å². The summed E-state index contributed by atoms with van der Waals surface area (Å²) in [6, 6.07) is 8.08. The van der Waals surface area contributed by atoms with Crippen LogP contribution in [0.4, 0.5) is 10.5 Å². The summed E-state index contributed by atoms with van der Waals surface area (Å²) < 4.78 is 2.19. The molecule has 1 aliphatic carbocycles. The quantitative estimate of drug-likeness (QED) is 0.695. The number of nitrogens with zero attached hydrogens (tertiary/aromatic N) is 2. The highest BCUT2D eigenvalue weighted by Crippen LogP contribution is 2.33. The van der Waals surface area contributed by atoms with Gasteiger partial charge in [0, 0.05) is 24.1 Å². The van der Waals surface area contributed by atoms with Crippen molar-refractivity contribution in [2.75, 3.05) is 11.9 Å². The van der Waals surface area contributed by atoms with Crippen molar-refractivity contribution in [2.24, 2.45) is 0 Å². The molecule has 0 unspecified atom stereocenters. The van der Waals surface area contributed by atoms with Crippen molar-refractivity contribution >= 4 is 40.6 Å². The Morgan fingerprint density at radius 3 is 2.67 bits per heavy atom. The minimum Gasteiger partial charge on any atom is -0.351 e. The molecule has 1 N–H and O–H groups in total. The van der Waals surface area contributed by atoms with E-state index in [9.17, 15) is 14.4 Å². The minimum atomic E-state index is -0.422. The van der Waals surface area contributed by atoms with E-state index >= 15 is 0 Å². The Kier molecular flexibility index (Phi) is 5.81. The molecule has 2 heterocycles. The molecule has 1 aromatic heterocycles. The van der Waals surface area contributed by atoms with Crippen molar-refractivity contribution in [1.29, 1.82) is 0 Å². The van der Waals surface area contributed by atoms with E-state index in [-0.39, 0.29) is 6.54 Å². The first-order valence-corrected chi connectivity index (χ1v) is 11.0. The largest absolute Gasteiger partial charge is 0.351 e. The van der Waals surface area contributed by atoms with Gasteiger partial charge in [-0.15, -0.1) is 0 Å². The molecule has 1 aliphatic heterocycles. The number of hydrogen-bond donors (Lipinski definition) is 1. The van der Waals surface area contributed by atoms with E-state index in [0.29, 0.717) is 16.6 Å². The van der Waals surface area contributed by atoms with Crippen LogP contribution < -0.4 is 5.32 Å². The number of nitrogens with one attached hydrogen (secondary N) is 1. The van der Waals surface area contributed by atoms with Crippen molar-refractivity contribution in [3.05, 3.63) is 58.3 Å². The molecule has 1 saturated carbocycles. The van der Waals surface area contributed by atoms with Gasteiger partial charge in [0.25, 0.3) is 11.1 Å². The first kappa shape index (κ1) is 20.5. The maximum Gasteiger partial charge on any atom is 0.294 e. The number of anilines is 1. The number of hydrogen-bond acceptors (Lipinski definition) is 4. The average Bonchev–Trinajstić information content (AvgIpc) is 3.43. The summed E-state index contributed by atoms with van der Waals surface area (Å²) in [4.78, 5) is 38.8. The van der Waals surface area contributed by atoms with Crippen molar-refractivity contribution in [3.8, 4) is 0 Å². The van der Waals surface area contributed by atoms with E-state index in [2.05, 4.69) is 9.88 Å². The fourth-order valence-corrected chi connectivity index (χ4v) is 4.73. The molecular weight excluding hydrogens is 398 g/mol. The highest BCUT2D eigenvalue weighted by Gasteiger charge is 2.36. The number of imide groups is 1. The number of carbonyl (C=O) groups excluding carboxylic acids is 3. The summed E-state index contributed by atoms with van der Waals surface area (Å²) in [6.45, 7) is 3.67. The lowest BCUT2D eigenvalue weighted by molar-refractivity contribution is -0.127. The number of rotatable bonds is 5. The zero-order valence-electron chi connectivity index (χ0n) is 17.2. The second-order valence-electron chi connectivity index (χ2n) is 7.95. The Labute approximate surface area is 180 Å². The first-order chi connectivity index (χ1) is 14.4. The summed E-state index contributed by atoms with van der Waals surface area (Å²) in [5.41, 5.74) is 3.74.